The second-order valence-corrected chi connectivity index (χ2v) is 6.64. The molecule has 0 aliphatic carbocycles. The highest BCUT2D eigenvalue weighted by molar-refractivity contribution is 5.98. The molecule has 0 unspecified atom stereocenters. The van der Waals surface area contributed by atoms with E-state index in [4.69, 9.17) is 9.47 Å². The number of nitrogens with zero attached hydrogens (tertiary/aromatic N) is 1. The Morgan fingerprint density at radius 2 is 1.86 bits per heavy atom. The SMILES string of the molecule is C.c1cc2c(c(-c3c[nH]c4ncc(-c5ccc6[nH]ccc6c5)cc34)c1)OCO2. The molecule has 0 saturated heterocycles. The van der Waals surface area contributed by atoms with Crippen LogP contribution in [0.2, 0.25) is 0 Å². The van der Waals surface area contributed by atoms with Gasteiger partial charge in [-0.05, 0) is 41.3 Å². The summed E-state index contributed by atoms with van der Waals surface area (Å²) in [5, 5.41) is 2.25. The Labute approximate surface area is 162 Å². The molecular weight excluding hydrogens is 350 g/mol. The van der Waals surface area contributed by atoms with E-state index in [1.807, 2.05) is 30.7 Å². The molecule has 0 radical (unpaired) electrons. The van der Waals surface area contributed by atoms with Gasteiger partial charge in [-0.3, -0.25) is 0 Å². The van der Waals surface area contributed by atoms with Crippen molar-refractivity contribution in [2.75, 3.05) is 6.79 Å². The van der Waals surface area contributed by atoms with E-state index in [0.29, 0.717) is 0 Å². The summed E-state index contributed by atoms with van der Waals surface area (Å²) in [4.78, 5) is 11.1. The minimum Gasteiger partial charge on any atom is -0.454 e. The zero-order valence-corrected chi connectivity index (χ0v) is 14.3. The van der Waals surface area contributed by atoms with Crippen molar-refractivity contribution in [2.45, 2.75) is 7.43 Å². The van der Waals surface area contributed by atoms with Crippen molar-refractivity contribution >= 4 is 21.9 Å². The third kappa shape index (κ3) is 2.36. The number of benzene rings is 2. The minimum atomic E-state index is 0. The number of aromatic amines is 2. The van der Waals surface area contributed by atoms with Gasteiger partial charge in [-0.1, -0.05) is 25.6 Å². The second kappa shape index (κ2) is 6.16. The van der Waals surface area contributed by atoms with E-state index in [0.717, 1.165) is 50.3 Å². The molecule has 0 saturated carbocycles. The van der Waals surface area contributed by atoms with Crippen LogP contribution in [-0.2, 0) is 0 Å². The number of para-hydroxylation sites is 1. The highest BCUT2D eigenvalue weighted by Gasteiger charge is 2.20. The van der Waals surface area contributed by atoms with Crippen LogP contribution in [0.1, 0.15) is 7.43 Å². The number of ether oxygens (including phenoxy) is 2. The zero-order valence-electron chi connectivity index (χ0n) is 14.3. The molecule has 0 amide bonds. The number of fused-ring (bicyclic) bond motifs is 3. The van der Waals surface area contributed by atoms with E-state index in [9.17, 15) is 0 Å². The Morgan fingerprint density at radius 3 is 2.82 bits per heavy atom. The van der Waals surface area contributed by atoms with Gasteiger partial charge in [-0.15, -0.1) is 0 Å². The van der Waals surface area contributed by atoms with Gasteiger partial charge >= 0.3 is 0 Å². The summed E-state index contributed by atoms with van der Waals surface area (Å²) >= 11 is 0. The number of hydrogen-bond donors (Lipinski definition) is 2. The average Bonchev–Trinajstić information content (AvgIpc) is 3.44. The number of pyridine rings is 1. The molecule has 138 valence electrons. The molecule has 1 aliphatic heterocycles. The standard InChI is InChI=1S/C22H15N3O2.CH4/c1-2-16(21-20(3-1)26-12-27-21)18-11-25-22-17(18)9-15(10-24-22)13-4-5-19-14(8-13)6-7-23-19;/h1-11,23H,12H2,(H,24,25);1H4. The first-order valence-corrected chi connectivity index (χ1v) is 8.80. The summed E-state index contributed by atoms with van der Waals surface area (Å²) in [6, 6.07) is 16.6. The maximum absolute atomic E-state index is 5.70. The van der Waals surface area contributed by atoms with E-state index in [1.165, 1.54) is 5.39 Å². The molecule has 5 heteroatoms. The Kier molecular flexibility index (Phi) is 3.62. The first-order valence-electron chi connectivity index (χ1n) is 8.80. The summed E-state index contributed by atoms with van der Waals surface area (Å²) in [7, 11) is 0. The monoisotopic (exact) mass is 369 g/mol. The van der Waals surface area contributed by atoms with E-state index in [-0.39, 0.29) is 14.2 Å². The van der Waals surface area contributed by atoms with Gasteiger partial charge in [0.15, 0.2) is 11.5 Å². The highest BCUT2D eigenvalue weighted by Crippen LogP contribution is 2.43. The van der Waals surface area contributed by atoms with Crippen LogP contribution in [0.4, 0.5) is 0 Å². The zero-order chi connectivity index (χ0) is 17.8. The Morgan fingerprint density at radius 1 is 0.893 bits per heavy atom. The number of hydrogen-bond acceptors (Lipinski definition) is 3. The van der Waals surface area contributed by atoms with Gasteiger partial charge < -0.3 is 19.4 Å². The van der Waals surface area contributed by atoms with Gasteiger partial charge in [0.1, 0.15) is 5.65 Å². The van der Waals surface area contributed by atoms with Gasteiger partial charge in [0.05, 0.1) is 0 Å². The summed E-state index contributed by atoms with van der Waals surface area (Å²) in [5.74, 6) is 1.57. The molecule has 2 aromatic carbocycles. The number of rotatable bonds is 2. The predicted octanol–water partition coefficient (Wildman–Crippen LogP) is 5.74. The second-order valence-electron chi connectivity index (χ2n) is 6.64. The first kappa shape index (κ1) is 16.4. The van der Waals surface area contributed by atoms with Crippen LogP contribution in [0, 0.1) is 0 Å². The summed E-state index contributed by atoms with van der Waals surface area (Å²) in [6.45, 7) is 0.259. The Bertz CT molecular complexity index is 1320. The van der Waals surface area contributed by atoms with Crippen molar-refractivity contribution < 1.29 is 9.47 Å². The Balaban J connectivity index is 0.00000171. The predicted molar refractivity (Wildman–Crippen MR) is 112 cm³/mol. The van der Waals surface area contributed by atoms with E-state index < -0.39 is 0 Å². The number of H-pyrrole nitrogens is 2. The molecule has 5 nitrogen and oxygen atoms in total. The average molecular weight is 369 g/mol. The topological polar surface area (TPSA) is 62.9 Å². The fraction of sp³-hybridized carbons (Fsp3) is 0.0870. The van der Waals surface area contributed by atoms with Crippen molar-refractivity contribution in [3.63, 3.8) is 0 Å². The first-order chi connectivity index (χ1) is 13.4. The van der Waals surface area contributed by atoms with Crippen LogP contribution in [0.25, 0.3) is 44.2 Å². The smallest absolute Gasteiger partial charge is 0.231 e. The summed E-state index contributed by atoms with van der Waals surface area (Å²) in [6.07, 6.45) is 5.84. The van der Waals surface area contributed by atoms with Crippen LogP contribution >= 0.6 is 0 Å². The quantitative estimate of drug-likeness (QED) is 0.417. The van der Waals surface area contributed by atoms with Crippen LogP contribution in [-0.4, -0.2) is 21.7 Å². The lowest BCUT2D eigenvalue weighted by atomic mass is 10.0. The molecule has 4 heterocycles. The lowest BCUT2D eigenvalue weighted by molar-refractivity contribution is 0.174. The minimum absolute atomic E-state index is 0. The van der Waals surface area contributed by atoms with Crippen LogP contribution in [0.5, 0.6) is 11.5 Å². The van der Waals surface area contributed by atoms with Crippen LogP contribution in [0.3, 0.4) is 0 Å². The summed E-state index contributed by atoms with van der Waals surface area (Å²) in [5.41, 5.74) is 6.28. The molecule has 1 aliphatic rings. The molecule has 0 spiro atoms. The molecular formula is C23H19N3O2. The molecule has 3 aromatic heterocycles. The fourth-order valence-electron chi connectivity index (χ4n) is 3.76. The Hall–Kier alpha value is -3.73. The van der Waals surface area contributed by atoms with E-state index in [1.54, 1.807) is 0 Å². The van der Waals surface area contributed by atoms with Crippen molar-refractivity contribution in [3.8, 4) is 33.8 Å². The maximum Gasteiger partial charge on any atom is 0.231 e. The van der Waals surface area contributed by atoms with Gasteiger partial charge in [-0.25, -0.2) is 4.98 Å². The number of nitrogens with one attached hydrogen (secondary N) is 2. The van der Waals surface area contributed by atoms with Gasteiger partial charge in [-0.2, -0.15) is 0 Å². The van der Waals surface area contributed by atoms with E-state index in [2.05, 4.69) is 51.4 Å². The summed E-state index contributed by atoms with van der Waals surface area (Å²) < 4.78 is 11.2. The lowest BCUT2D eigenvalue weighted by Crippen LogP contribution is -1.93. The number of aromatic nitrogens is 3. The van der Waals surface area contributed by atoms with Gasteiger partial charge in [0.25, 0.3) is 0 Å². The third-order valence-electron chi connectivity index (χ3n) is 5.10. The highest BCUT2D eigenvalue weighted by atomic mass is 16.7. The van der Waals surface area contributed by atoms with Crippen LogP contribution < -0.4 is 9.47 Å². The van der Waals surface area contributed by atoms with Crippen molar-refractivity contribution in [3.05, 3.63) is 67.1 Å². The molecule has 0 atom stereocenters. The van der Waals surface area contributed by atoms with Crippen LogP contribution in [0.15, 0.2) is 67.1 Å². The van der Waals surface area contributed by atoms with Gasteiger partial charge in [0.2, 0.25) is 6.79 Å². The maximum atomic E-state index is 5.70. The van der Waals surface area contributed by atoms with Crippen molar-refractivity contribution in [1.29, 1.82) is 0 Å². The molecule has 6 rings (SSSR count). The van der Waals surface area contributed by atoms with Crippen molar-refractivity contribution in [2.24, 2.45) is 0 Å². The van der Waals surface area contributed by atoms with Gasteiger partial charge in [0, 0.05) is 46.2 Å². The normalized spacial score (nSPS) is 12.4. The molecule has 0 fully saturated rings. The molecule has 28 heavy (non-hydrogen) atoms. The fourth-order valence-corrected chi connectivity index (χ4v) is 3.76. The molecule has 0 bridgehead atoms. The third-order valence-corrected chi connectivity index (χ3v) is 5.10. The molecule has 2 N–H and O–H groups in total. The van der Waals surface area contributed by atoms with Crippen molar-refractivity contribution in [1.82, 2.24) is 15.0 Å². The largest absolute Gasteiger partial charge is 0.454 e. The molecule has 5 aromatic rings. The van der Waals surface area contributed by atoms with E-state index >= 15 is 0 Å². The lowest BCUT2D eigenvalue weighted by Gasteiger charge is -2.06.